The zero-order valence-corrected chi connectivity index (χ0v) is 11.5. The zero-order valence-electron chi connectivity index (χ0n) is 9.88. The lowest BCUT2D eigenvalue weighted by Gasteiger charge is -2.39. The minimum absolute atomic E-state index is 0.00615. The van der Waals surface area contributed by atoms with Crippen molar-refractivity contribution in [2.75, 3.05) is 19.7 Å². The highest BCUT2D eigenvalue weighted by molar-refractivity contribution is 9.10. The first kappa shape index (κ1) is 11.5. The molecule has 92 valence electrons. The number of ether oxygens (including phenoxy) is 2. The lowest BCUT2D eigenvalue weighted by Crippen LogP contribution is -2.58. The Kier molecular flexibility index (Phi) is 2.89. The highest BCUT2D eigenvalue weighted by Gasteiger charge is 2.33. The van der Waals surface area contributed by atoms with Crippen LogP contribution in [-0.4, -0.2) is 25.3 Å². The predicted molar refractivity (Wildman–Crippen MR) is 69.4 cm³/mol. The van der Waals surface area contributed by atoms with Crippen LogP contribution in [0.5, 0.6) is 5.75 Å². The molecule has 0 saturated carbocycles. The highest BCUT2D eigenvalue weighted by atomic mass is 79.9. The molecule has 0 spiro atoms. The second kappa shape index (κ2) is 4.26. The number of fused-ring (bicyclic) bond motifs is 1. The van der Waals surface area contributed by atoms with E-state index in [1.807, 2.05) is 0 Å². The molecule has 0 aliphatic carbocycles. The lowest BCUT2D eigenvalue weighted by atomic mass is 10.00. The van der Waals surface area contributed by atoms with Crippen molar-refractivity contribution in [1.29, 1.82) is 0 Å². The number of halogens is 1. The van der Waals surface area contributed by atoms with Crippen LogP contribution < -0.4 is 10.1 Å². The second-order valence-electron chi connectivity index (χ2n) is 4.99. The van der Waals surface area contributed by atoms with Gasteiger partial charge in [0.1, 0.15) is 5.75 Å². The van der Waals surface area contributed by atoms with Crippen molar-refractivity contribution in [3.8, 4) is 5.75 Å². The minimum Gasteiger partial charge on any atom is -0.493 e. The quantitative estimate of drug-likeness (QED) is 0.928. The first-order valence-corrected chi connectivity index (χ1v) is 6.74. The van der Waals surface area contributed by atoms with Crippen molar-refractivity contribution in [2.24, 2.45) is 0 Å². The molecule has 4 heteroatoms. The van der Waals surface area contributed by atoms with Crippen molar-refractivity contribution in [3.05, 3.63) is 27.7 Å². The Morgan fingerprint density at radius 2 is 2.29 bits per heavy atom. The van der Waals surface area contributed by atoms with E-state index >= 15 is 0 Å². The van der Waals surface area contributed by atoms with Crippen LogP contribution in [0.25, 0.3) is 0 Å². The van der Waals surface area contributed by atoms with E-state index in [0.29, 0.717) is 6.61 Å². The molecule has 2 heterocycles. The van der Waals surface area contributed by atoms with Crippen LogP contribution in [-0.2, 0) is 17.8 Å². The largest absolute Gasteiger partial charge is 0.493 e. The Hall–Kier alpha value is -0.580. The fraction of sp³-hybridized carbons (Fsp3) is 0.538. The first-order chi connectivity index (χ1) is 8.16. The van der Waals surface area contributed by atoms with Crippen LogP contribution in [0.15, 0.2) is 16.6 Å². The van der Waals surface area contributed by atoms with Crippen molar-refractivity contribution in [1.82, 2.24) is 5.32 Å². The third kappa shape index (κ3) is 2.21. The molecule has 3 nitrogen and oxygen atoms in total. The smallest absolute Gasteiger partial charge is 0.128 e. The van der Waals surface area contributed by atoms with Gasteiger partial charge in [-0.2, -0.15) is 0 Å². The summed E-state index contributed by atoms with van der Waals surface area (Å²) in [5.41, 5.74) is 2.43. The van der Waals surface area contributed by atoms with Crippen LogP contribution in [0.1, 0.15) is 18.1 Å². The summed E-state index contributed by atoms with van der Waals surface area (Å²) in [6.07, 6.45) is 1.00. The van der Waals surface area contributed by atoms with Gasteiger partial charge in [0.2, 0.25) is 0 Å². The summed E-state index contributed by atoms with van der Waals surface area (Å²) in [4.78, 5) is 0. The topological polar surface area (TPSA) is 30.5 Å². The zero-order chi connectivity index (χ0) is 11.9. The summed E-state index contributed by atoms with van der Waals surface area (Å²) >= 11 is 3.54. The summed E-state index contributed by atoms with van der Waals surface area (Å²) in [6.45, 7) is 5.42. The van der Waals surface area contributed by atoms with Gasteiger partial charge in [-0.15, -0.1) is 0 Å². The molecular weight excluding hydrogens is 282 g/mol. The summed E-state index contributed by atoms with van der Waals surface area (Å²) in [7, 11) is 0. The van der Waals surface area contributed by atoms with Crippen LogP contribution in [0.4, 0.5) is 0 Å². The molecule has 1 N–H and O–H groups in total. The SMILES string of the molecule is CC1(OCc2cc(Br)cc3c2OCC3)CNC1. The van der Waals surface area contributed by atoms with Crippen LogP contribution in [0, 0.1) is 0 Å². The molecule has 2 aliphatic heterocycles. The fourth-order valence-electron chi connectivity index (χ4n) is 2.28. The molecule has 0 amide bonds. The van der Waals surface area contributed by atoms with Gasteiger partial charge in [-0.3, -0.25) is 0 Å². The van der Waals surface area contributed by atoms with E-state index in [0.717, 1.165) is 41.9 Å². The van der Waals surface area contributed by atoms with Gasteiger partial charge in [-0.1, -0.05) is 15.9 Å². The van der Waals surface area contributed by atoms with Crippen LogP contribution >= 0.6 is 15.9 Å². The number of rotatable bonds is 3. The Bertz CT molecular complexity index is 443. The molecule has 0 bridgehead atoms. The van der Waals surface area contributed by atoms with Crippen molar-refractivity contribution in [2.45, 2.75) is 25.6 Å². The number of benzene rings is 1. The van der Waals surface area contributed by atoms with Crippen molar-refractivity contribution < 1.29 is 9.47 Å². The molecular formula is C13H16BrNO2. The highest BCUT2D eigenvalue weighted by Crippen LogP contribution is 2.34. The van der Waals surface area contributed by atoms with E-state index in [1.165, 1.54) is 5.56 Å². The monoisotopic (exact) mass is 297 g/mol. The molecule has 3 rings (SSSR count). The molecule has 0 radical (unpaired) electrons. The fourth-order valence-corrected chi connectivity index (χ4v) is 2.84. The Morgan fingerprint density at radius 3 is 3.00 bits per heavy atom. The number of nitrogens with one attached hydrogen (secondary N) is 1. The molecule has 17 heavy (non-hydrogen) atoms. The van der Waals surface area contributed by atoms with Gasteiger partial charge in [-0.25, -0.2) is 0 Å². The summed E-state index contributed by atoms with van der Waals surface area (Å²) in [5, 5.41) is 3.24. The van der Waals surface area contributed by atoms with Gasteiger partial charge in [0.25, 0.3) is 0 Å². The van der Waals surface area contributed by atoms with Crippen molar-refractivity contribution >= 4 is 15.9 Å². The van der Waals surface area contributed by atoms with E-state index < -0.39 is 0 Å². The normalized spacial score (nSPS) is 20.6. The molecule has 0 unspecified atom stereocenters. The van der Waals surface area contributed by atoms with E-state index in [-0.39, 0.29) is 5.60 Å². The summed E-state index contributed by atoms with van der Waals surface area (Å²) in [5.74, 6) is 1.03. The third-order valence-electron chi connectivity index (χ3n) is 3.40. The van der Waals surface area contributed by atoms with Crippen LogP contribution in [0.2, 0.25) is 0 Å². The average molecular weight is 298 g/mol. The summed E-state index contributed by atoms with van der Waals surface area (Å²) < 4.78 is 12.8. The van der Waals surface area contributed by atoms with E-state index in [9.17, 15) is 0 Å². The molecule has 0 aromatic heterocycles. The van der Waals surface area contributed by atoms with Gasteiger partial charge in [0, 0.05) is 29.5 Å². The Labute approximate surface area is 110 Å². The maximum atomic E-state index is 5.97. The van der Waals surface area contributed by atoms with E-state index in [1.54, 1.807) is 0 Å². The second-order valence-corrected chi connectivity index (χ2v) is 5.91. The van der Waals surface area contributed by atoms with Gasteiger partial charge in [0.05, 0.1) is 18.8 Å². The van der Waals surface area contributed by atoms with Gasteiger partial charge < -0.3 is 14.8 Å². The standard InChI is InChI=1S/C13H16BrNO2/c1-13(7-15-8-13)17-6-10-5-11(14)4-9-2-3-16-12(9)10/h4-5,15H,2-3,6-8H2,1H3. The minimum atomic E-state index is -0.00615. The maximum Gasteiger partial charge on any atom is 0.128 e. The van der Waals surface area contributed by atoms with Gasteiger partial charge >= 0.3 is 0 Å². The Balaban J connectivity index is 1.78. The molecule has 1 fully saturated rings. The maximum absolute atomic E-state index is 5.97. The summed E-state index contributed by atoms with van der Waals surface area (Å²) in [6, 6.07) is 4.23. The van der Waals surface area contributed by atoms with Gasteiger partial charge in [-0.05, 0) is 24.6 Å². The number of hydrogen-bond donors (Lipinski definition) is 1. The molecule has 2 aliphatic rings. The lowest BCUT2D eigenvalue weighted by molar-refractivity contribution is -0.0771. The number of hydrogen-bond acceptors (Lipinski definition) is 3. The van der Waals surface area contributed by atoms with Crippen LogP contribution in [0.3, 0.4) is 0 Å². The molecule has 1 aromatic rings. The van der Waals surface area contributed by atoms with E-state index in [4.69, 9.17) is 9.47 Å². The van der Waals surface area contributed by atoms with Gasteiger partial charge in [0.15, 0.2) is 0 Å². The average Bonchev–Trinajstić information content (AvgIpc) is 2.71. The molecule has 1 saturated heterocycles. The third-order valence-corrected chi connectivity index (χ3v) is 3.86. The first-order valence-electron chi connectivity index (χ1n) is 5.95. The predicted octanol–water partition coefficient (Wildman–Crippen LogP) is 2.26. The Morgan fingerprint density at radius 1 is 1.47 bits per heavy atom. The van der Waals surface area contributed by atoms with E-state index in [2.05, 4.69) is 40.3 Å². The molecule has 1 aromatic carbocycles. The molecule has 0 atom stereocenters. The van der Waals surface area contributed by atoms with Crippen molar-refractivity contribution in [3.63, 3.8) is 0 Å².